The number of hydrogen-bond donors (Lipinski definition) is 2. The molecule has 34 heavy (non-hydrogen) atoms. The zero-order chi connectivity index (χ0) is 24.2. The van der Waals surface area contributed by atoms with Crippen LogP contribution in [0.15, 0.2) is 29.1 Å². The van der Waals surface area contributed by atoms with Crippen LogP contribution in [0.5, 0.6) is 0 Å². The summed E-state index contributed by atoms with van der Waals surface area (Å²) >= 11 is 2.95. The van der Waals surface area contributed by atoms with E-state index in [9.17, 15) is 9.59 Å². The van der Waals surface area contributed by atoms with E-state index < -0.39 is 0 Å². The van der Waals surface area contributed by atoms with Gasteiger partial charge in [0, 0.05) is 24.6 Å². The van der Waals surface area contributed by atoms with Crippen molar-refractivity contribution in [3.63, 3.8) is 0 Å². The Labute approximate surface area is 206 Å². The summed E-state index contributed by atoms with van der Waals surface area (Å²) in [7, 11) is 0. The van der Waals surface area contributed by atoms with Crippen molar-refractivity contribution in [1.82, 2.24) is 19.5 Å². The van der Waals surface area contributed by atoms with E-state index in [4.69, 9.17) is 4.74 Å². The van der Waals surface area contributed by atoms with E-state index in [1.807, 2.05) is 56.5 Å². The molecule has 0 saturated carbocycles. The van der Waals surface area contributed by atoms with Gasteiger partial charge in [0.15, 0.2) is 0 Å². The smallest absolute Gasteiger partial charge is 0.259 e. The van der Waals surface area contributed by atoms with E-state index in [-0.39, 0.29) is 16.7 Å². The number of carbonyl (C=O) groups is 1. The molecule has 0 radical (unpaired) electrons. The van der Waals surface area contributed by atoms with Crippen LogP contribution in [0.4, 0.5) is 5.95 Å². The van der Waals surface area contributed by atoms with Gasteiger partial charge >= 0.3 is 0 Å². The number of aryl methyl sites for hydroxylation is 3. The summed E-state index contributed by atoms with van der Waals surface area (Å²) < 4.78 is 7.49. The van der Waals surface area contributed by atoms with Crippen molar-refractivity contribution in [2.75, 3.05) is 18.5 Å². The van der Waals surface area contributed by atoms with Crippen LogP contribution < -0.4 is 10.9 Å². The van der Waals surface area contributed by atoms with Gasteiger partial charge in [-0.15, -0.1) is 23.1 Å². The molecular weight excluding hydrogens is 470 g/mol. The first kappa shape index (κ1) is 24.4. The first-order valence-corrected chi connectivity index (χ1v) is 13.2. The highest BCUT2D eigenvalue weighted by molar-refractivity contribution is 7.99. The molecule has 0 aliphatic carbocycles. The molecule has 4 aromatic rings. The van der Waals surface area contributed by atoms with Crippen LogP contribution in [0.25, 0.3) is 21.3 Å². The largest absolute Gasteiger partial charge is 0.382 e. The van der Waals surface area contributed by atoms with E-state index in [1.54, 1.807) is 0 Å². The number of benzene rings is 1. The molecule has 4 rings (SSSR count). The van der Waals surface area contributed by atoms with Crippen LogP contribution in [0, 0.1) is 13.8 Å². The van der Waals surface area contributed by atoms with Gasteiger partial charge in [0.1, 0.15) is 10.7 Å². The van der Waals surface area contributed by atoms with Crippen molar-refractivity contribution in [1.29, 1.82) is 0 Å². The van der Waals surface area contributed by atoms with Gasteiger partial charge in [0.2, 0.25) is 11.9 Å². The third-order valence-corrected chi connectivity index (χ3v) is 7.95. The number of aromatic amines is 1. The minimum atomic E-state index is -0.357. The van der Waals surface area contributed by atoms with E-state index in [2.05, 4.69) is 20.3 Å². The molecule has 0 aliphatic heterocycles. The number of hydrogen-bond acceptors (Lipinski definition) is 7. The average Bonchev–Trinajstić information content (AvgIpc) is 3.31. The summed E-state index contributed by atoms with van der Waals surface area (Å²) in [6.45, 7) is 9.79. The average molecular weight is 500 g/mol. The molecule has 0 spiro atoms. The maximum atomic E-state index is 13.0. The lowest BCUT2D eigenvalue weighted by Gasteiger charge is -2.13. The molecule has 1 atom stereocenters. The lowest BCUT2D eigenvalue weighted by molar-refractivity contribution is -0.115. The number of imidazole rings is 1. The number of fused-ring (bicyclic) bond motifs is 2. The minimum absolute atomic E-state index is 0.125. The van der Waals surface area contributed by atoms with Gasteiger partial charge in [-0.25, -0.2) is 9.97 Å². The van der Waals surface area contributed by atoms with Crippen molar-refractivity contribution < 1.29 is 9.53 Å². The first-order chi connectivity index (χ1) is 16.4. The van der Waals surface area contributed by atoms with Crippen molar-refractivity contribution >= 4 is 56.2 Å². The number of thioether (sulfide) groups is 1. The van der Waals surface area contributed by atoms with Crippen molar-refractivity contribution in [3.8, 4) is 0 Å². The van der Waals surface area contributed by atoms with Gasteiger partial charge in [-0.3, -0.25) is 14.9 Å². The number of ether oxygens (including phenoxy) is 1. The zero-order valence-corrected chi connectivity index (χ0v) is 21.4. The predicted molar refractivity (Wildman–Crippen MR) is 140 cm³/mol. The first-order valence-electron chi connectivity index (χ1n) is 11.3. The normalized spacial score (nSPS) is 12.5. The lowest BCUT2D eigenvalue weighted by atomic mass is 10.2. The second-order valence-corrected chi connectivity index (χ2v) is 10.6. The van der Waals surface area contributed by atoms with Crippen LogP contribution in [0.3, 0.4) is 0 Å². The van der Waals surface area contributed by atoms with E-state index in [1.165, 1.54) is 23.1 Å². The van der Waals surface area contributed by atoms with Gasteiger partial charge in [-0.2, -0.15) is 0 Å². The highest BCUT2D eigenvalue weighted by Gasteiger charge is 2.19. The topological polar surface area (TPSA) is 102 Å². The highest BCUT2D eigenvalue weighted by Crippen LogP contribution is 2.27. The van der Waals surface area contributed by atoms with Crippen LogP contribution in [0.1, 0.15) is 36.5 Å². The van der Waals surface area contributed by atoms with Gasteiger partial charge in [0.25, 0.3) is 5.56 Å². The standard InChI is InChI=1S/C24H29N5O3S2/c1-5-32-12-8-11-29-18-10-7-6-9-17(18)25-24(29)28-21(30)16(4)33-13-19-26-22(31)20-14(2)15(3)34-23(20)27-19/h6-7,9-10,16H,5,8,11-13H2,1-4H3,(H,25,28,30)(H,26,27,31). The molecule has 2 N–H and O–H groups in total. The number of amides is 1. The predicted octanol–water partition coefficient (Wildman–Crippen LogP) is 4.64. The fourth-order valence-electron chi connectivity index (χ4n) is 3.73. The number of carbonyl (C=O) groups excluding carboxylic acids is 1. The van der Waals surface area contributed by atoms with Crippen LogP contribution in [-0.2, 0) is 21.8 Å². The van der Waals surface area contributed by atoms with Crippen LogP contribution >= 0.6 is 23.1 Å². The Morgan fingerprint density at radius 2 is 2.09 bits per heavy atom. The number of anilines is 1. The lowest BCUT2D eigenvalue weighted by Crippen LogP contribution is -2.25. The Bertz CT molecular complexity index is 1370. The minimum Gasteiger partial charge on any atom is -0.382 e. The number of nitrogens with one attached hydrogen (secondary N) is 2. The summed E-state index contributed by atoms with van der Waals surface area (Å²) in [4.78, 5) is 39.4. The molecule has 0 fully saturated rings. The molecule has 10 heteroatoms. The molecule has 0 aliphatic rings. The number of aromatic nitrogens is 4. The van der Waals surface area contributed by atoms with Crippen LogP contribution in [-0.4, -0.2) is 43.9 Å². The van der Waals surface area contributed by atoms with Gasteiger partial charge in [-0.05, 0) is 51.8 Å². The SMILES string of the molecule is CCOCCCn1c(NC(=O)C(C)SCc2nc3sc(C)c(C)c3c(=O)[nH]2)nc2ccccc21. The number of para-hydroxylation sites is 2. The van der Waals surface area contributed by atoms with Crippen molar-refractivity contribution in [2.45, 2.75) is 51.7 Å². The molecule has 0 bridgehead atoms. The number of H-pyrrole nitrogens is 1. The third kappa shape index (κ3) is 5.18. The Balaban J connectivity index is 1.44. The zero-order valence-electron chi connectivity index (χ0n) is 19.8. The van der Waals surface area contributed by atoms with E-state index in [0.717, 1.165) is 32.7 Å². The molecule has 180 valence electrons. The molecule has 1 amide bonds. The Hall–Kier alpha value is -2.69. The van der Waals surface area contributed by atoms with Gasteiger partial charge in [0.05, 0.1) is 27.4 Å². The van der Waals surface area contributed by atoms with E-state index >= 15 is 0 Å². The second kappa shape index (κ2) is 10.7. The molecule has 1 aromatic carbocycles. The Kier molecular flexibility index (Phi) is 7.70. The summed E-state index contributed by atoms with van der Waals surface area (Å²) in [5.74, 6) is 1.40. The molecule has 0 saturated heterocycles. The van der Waals surface area contributed by atoms with Crippen molar-refractivity contribution in [3.05, 3.63) is 50.9 Å². The fraction of sp³-hybridized carbons (Fsp3) is 0.417. The Morgan fingerprint density at radius 1 is 1.29 bits per heavy atom. The third-order valence-electron chi connectivity index (χ3n) is 5.69. The molecule has 3 aromatic heterocycles. The molecular formula is C24H29N5O3S2. The maximum absolute atomic E-state index is 13.0. The van der Waals surface area contributed by atoms with E-state index in [0.29, 0.717) is 42.7 Å². The number of nitrogens with zero attached hydrogens (tertiary/aromatic N) is 3. The maximum Gasteiger partial charge on any atom is 0.259 e. The summed E-state index contributed by atoms with van der Waals surface area (Å²) in [5, 5.41) is 3.29. The molecule has 1 unspecified atom stereocenters. The molecule has 3 heterocycles. The van der Waals surface area contributed by atoms with Gasteiger partial charge < -0.3 is 14.3 Å². The second-order valence-electron chi connectivity index (χ2n) is 8.04. The quantitative estimate of drug-likeness (QED) is 0.308. The fourth-order valence-corrected chi connectivity index (χ4v) is 5.53. The number of thiophene rings is 1. The monoisotopic (exact) mass is 499 g/mol. The summed E-state index contributed by atoms with van der Waals surface area (Å²) in [5.41, 5.74) is 2.67. The van der Waals surface area contributed by atoms with Crippen molar-refractivity contribution in [2.24, 2.45) is 0 Å². The summed E-state index contributed by atoms with van der Waals surface area (Å²) in [6.07, 6.45) is 0.824. The van der Waals surface area contributed by atoms with Gasteiger partial charge in [-0.1, -0.05) is 12.1 Å². The molecule has 8 nitrogen and oxygen atoms in total. The van der Waals surface area contributed by atoms with Crippen LogP contribution in [0.2, 0.25) is 0 Å². The highest BCUT2D eigenvalue weighted by atomic mass is 32.2. The summed E-state index contributed by atoms with van der Waals surface area (Å²) in [6, 6.07) is 7.84. The number of rotatable bonds is 10. The Morgan fingerprint density at radius 3 is 2.88 bits per heavy atom.